The summed E-state index contributed by atoms with van der Waals surface area (Å²) in [5.41, 5.74) is 0. The van der Waals surface area contributed by atoms with Gasteiger partial charge in [0.1, 0.15) is 0 Å². The molecular weight excluding hydrogens is 276 g/mol. The van der Waals surface area contributed by atoms with E-state index in [1.807, 2.05) is 6.92 Å². The van der Waals surface area contributed by atoms with Gasteiger partial charge in [0.15, 0.2) is 0 Å². The third kappa shape index (κ3) is 3.95. The standard InChI is InChI=1S/C14H26N2O3S/c1-2-11-20(18,19)16-9-7-13(8-10-16)15-14(17)12-5-3-4-6-12/h12-13H,2-11H2,1H3,(H,15,17). The molecule has 1 aliphatic carbocycles. The van der Waals surface area contributed by atoms with Crippen molar-refractivity contribution < 1.29 is 13.2 Å². The van der Waals surface area contributed by atoms with Gasteiger partial charge in [-0.1, -0.05) is 19.8 Å². The Hall–Kier alpha value is -0.620. The van der Waals surface area contributed by atoms with Crippen molar-refractivity contribution in [3.8, 4) is 0 Å². The first-order valence-electron chi connectivity index (χ1n) is 7.81. The van der Waals surface area contributed by atoms with Crippen LogP contribution in [0.4, 0.5) is 0 Å². The first-order valence-corrected chi connectivity index (χ1v) is 9.42. The molecule has 116 valence electrons. The number of hydrogen-bond donors (Lipinski definition) is 1. The molecule has 0 unspecified atom stereocenters. The van der Waals surface area contributed by atoms with Crippen molar-refractivity contribution in [2.45, 2.75) is 57.9 Å². The predicted molar refractivity (Wildman–Crippen MR) is 78.8 cm³/mol. The molecule has 1 aliphatic heterocycles. The molecule has 0 atom stereocenters. The first-order chi connectivity index (χ1) is 9.53. The van der Waals surface area contributed by atoms with Crippen LogP contribution in [0.25, 0.3) is 0 Å². The van der Waals surface area contributed by atoms with Gasteiger partial charge in [-0.15, -0.1) is 0 Å². The van der Waals surface area contributed by atoms with Crippen LogP contribution in [-0.4, -0.2) is 43.5 Å². The monoisotopic (exact) mass is 302 g/mol. The summed E-state index contributed by atoms with van der Waals surface area (Å²) in [5.74, 6) is 0.598. The summed E-state index contributed by atoms with van der Waals surface area (Å²) < 4.78 is 25.5. The zero-order chi connectivity index (χ0) is 14.6. The number of amides is 1. The lowest BCUT2D eigenvalue weighted by Gasteiger charge is -2.32. The van der Waals surface area contributed by atoms with E-state index in [9.17, 15) is 13.2 Å². The number of sulfonamides is 1. The van der Waals surface area contributed by atoms with E-state index in [1.54, 1.807) is 4.31 Å². The highest BCUT2D eigenvalue weighted by atomic mass is 32.2. The number of carbonyl (C=O) groups is 1. The highest BCUT2D eigenvalue weighted by Crippen LogP contribution is 2.25. The van der Waals surface area contributed by atoms with Crippen LogP contribution in [0, 0.1) is 5.92 Å². The van der Waals surface area contributed by atoms with Crippen LogP contribution in [-0.2, 0) is 14.8 Å². The van der Waals surface area contributed by atoms with Crippen LogP contribution >= 0.6 is 0 Å². The summed E-state index contributed by atoms with van der Waals surface area (Å²) in [7, 11) is -3.08. The molecule has 2 aliphatic rings. The van der Waals surface area contributed by atoms with E-state index in [-0.39, 0.29) is 23.6 Å². The molecule has 5 nitrogen and oxygen atoms in total. The lowest BCUT2D eigenvalue weighted by Crippen LogP contribution is -2.48. The number of carbonyl (C=O) groups excluding carboxylic acids is 1. The second kappa shape index (κ2) is 6.89. The van der Waals surface area contributed by atoms with E-state index in [2.05, 4.69) is 5.32 Å². The fourth-order valence-electron chi connectivity index (χ4n) is 3.17. The quantitative estimate of drug-likeness (QED) is 0.837. The summed E-state index contributed by atoms with van der Waals surface area (Å²) in [6.07, 6.45) is 6.46. The van der Waals surface area contributed by atoms with Gasteiger partial charge >= 0.3 is 0 Å². The zero-order valence-corrected chi connectivity index (χ0v) is 13.1. The Morgan fingerprint density at radius 1 is 1.15 bits per heavy atom. The van der Waals surface area contributed by atoms with E-state index in [4.69, 9.17) is 0 Å². The molecule has 0 bridgehead atoms. The number of nitrogens with one attached hydrogen (secondary N) is 1. The second-order valence-electron chi connectivity index (χ2n) is 5.98. The smallest absolute Gasteiger partial charge is 0.223 e. The molecule has 1 amide bonds. The molecule has 0 radical (unpaired) electrons. The lowest BCUT2D eigenvalue weighted by atomic mass is 10.0. The van der Waals surface area contributed by atoms with E-state index in [1.165, 1.54) is 0 Å². The predicted octanol–water partition coefficient (Wildman–Crippen LogP) is 1.50. The molecule has 1 saturated carbocycles. The van der Waals surface area contributed by atoms with Gasteiger partial charge in [0.25, 0.3) is 0 Å². The highest BCUT2D eigenvalue weighted by Gasteiger charge is 2.30. The third-order valence-electron chi connectivity index (χ3n) is 4.38. The maximum absolute atomic E-state index is 12.1. The molecule has 1 saturated heterocycles. The van der Waals surface area contributed by atoms with E-state index in [0.717, 1.165) is 38.5 Å². The van der Waals surface area contributed by atoms with Gasteiger partial charge in [0, 0.05) is 25.0 Å². The average Bonchev–Trinajstić information content (AvgIpc) is 2.93. The Morgan fingerprint density at radius 2 is 1.75 bits per heavy atom. The normalized spacial score (nSPS) is 23.1. The number of piperidine rings is 1. The van der Waals surface area contributed by atoms with E-state index >= 15 is 0 Å². The molecule has 1 heterocycles. The van der Waals surface area contributed by atoms with Crippen molar-refractivity contribution in [2.75, 3.05) is 18.8 Å². The molecule has 0 spiro atoms. The zero-order valence-electron chi connectivity index (χ0n) is 12.3. The van der Waals surface area contributed by atoms with Crippen LogP contribution in [0.15, 0.2) is 0 Å². The van der Waals surface area contributed by atoms with Gasteiger partial charge in [0.05, 0.1) is 5.75 Å². The molecule has 20 heavy (non-hydrogen) atoms. The summed E-state index contributed by atoms with van der Waals surface area (Å²) in [4.78, 5) is 12.1. The van der Waals surface area contributed by atoms with Crippen LogP contribution in [0.1, 0.15) is 51.9 Å². The maximum Gasteiger partial charge on any atom is 0.223 e. The number of hydrogen-bond acceptors (Lipinski definition) is 3. The van der Waals surface area contributed by atoms with Gasteiger partial charge in [0.2, 0.25) is 15.9 Å². The summed E-state index contributed by atoms with van der Waals surface area (Å²) in [5, 5.41) is 3.10. The van der Waals surface area contributed by atoms with Crippen molar-refractivity contribution in [3.05, 3.63) is 0 Å². The SMILES string of the molecule is CCCS(=O)(=O)N1CCC(NC(=O)C2CCCC2)CC1. The molecule has 0 aromatic carbocycles. The van der Waals surface area contributed by atoms with Gasteiger partial charge in [-0.25, -0.2) is 12.7 Å². The minimum atomic E-state index is -3.08. The Labute approximate surface area is 122 Å². The van der Waals surface area contributed by atoms with Crippen molar-refractivity contribution in [1.29, 1.82) is 0 Å². The van der Waals surface area contributed by atoms with Crippen LogP contribution in [0.5, 0.6) is 0 Å². The van der Waals surface area contributed by atoms with Crippen molar-refractivity contribution in [3.63, 3.8) is 0 Å². The molecular formula is C14H26N2O3S. The lowest BCUT2D eigenvalue weighted by molar-refractivity contribution is -0.125. The topological polar surface area (TPSA) is 66.5 Å². The largest absolute Gasteiger partial charge is 0.353 e. The Kier molecular flexibility index (Phi) is 5.43. The minimum Gasteiger partial charge on any atom is -0.353 e. The fourth-order valence-corrected chi connectivity index (χ4v) is 4.71. The summed E-state index contributed by atoms with van der Waals surface area (Å²) >= 11 is 0. The molecule has 2 fully saturated rings. The van der Waals surface area contributed by atoms with Crippen LogP contribution < -0.4 is 5.32 Å². The van der Waals surface area contributed by atoms with Crippen molar-refractivity contribution in [1.82, 2.24) is 9.62 Å². The summed E-state index contributed by atoms with van der Waals surface area (Å²) in [6.45, 7) is 2.96. The van der Waals surface area contributed by atoms with Gasteiger partial charge in [-0.05, 0) is 32.1 Å². The molecule has 1 N–H and O–H groups in total. The van der Waals surface area contributed by atoms with Crippen LogP contribution in [0.3, 0.4) is 0 Å². The number of nitrogens with zero attached hydrogens (tertiary/aromatic N) is 1. The average molecular weight is 302 g/mol. The molecule has 2 rings (SSSR count). The molecule has 0 aromatic heterocycles. The van der Waals surface area contributed by atoms with Gasteiger partial charge in [-0.2, -0.15) is 0 Å². The maximum atomic E-state index is 12.1. The first kappa shape index (κ1) is 15.8. The van der Waals surface area contributed by atoms with Crippen LogP contribution in [0.2, 0.25) is 0 Å². The molecule has 6 heteroatoms. The fraction of sp³-hybridized carbons (Fsp3) is 0.929. The Balaban J connectivity index is 1.78. The second-order valence-corrected chi connectivity index (χ2v) is 8.07. The number of rotatable bonds is 5. The van der Waals surface area contributed by atoms with E-state index in [0.29, 0.717) is 19.5 Å². The highest BCUT2D eigenvalue weighted by molar-refractivity contribution is 7.89. The van der Waals surface area contributed by atoms with Gasteiger partial charge in [-0.3, -0.25) is 4.79 Å². The summed E-state index contributed by atoms with van der Waals surface area (Å²) in [6, 6.07) is 0.149. The Morgan fingerprint density at radius 3 is 2.30 bits per heavy atom. The van der Waals surface area contributed by atoms with Gasteiger partial charge < -0.3 is 5.32 Å². The van der Waals surface area contributed by atoms with Crippen molar-refractivity contribution >= 4 is 15.9 Å². The van der Waals surface area contributed by atoms with Crippen molar-refractivity contribution in [2.24, 2.45) is 5.92 Å². The molecule has 0 aromatic rings. The Bertz CT molecular complexity index is 422. The van der Waals surface area contributed by atoms with E-state index < -0.39 is 10.0 Å². The third-order valence-corrected chi connectivity index (χ3v) is 6.46. The minimum absolute atomic E-state index is 0.149.